The summed E-state index contributed by atoms with van der Waals surface area (Å²) in [7, 11) is -2.15. The number of nitrogens with zero attached hydrogens (tertiary/aromatic N) is 2. The van der Waals surface area contributed by atoms with Crippen molar-refractivity contribution in [3.05, 3.63) is 60.2 Å². The molecule has 0 spiro atoms. The third-order valence-electron chi connectivity index (χ3n) is 4.74. The number of nitrogens with one attached hydrogen (secondary N) is 1. The van der Waals surface area contributed by atoms with Gasteiger partial charge in [0.05, 0.1) is 10.8 Å². The van der Waals surface area contributed by atoms with Gasteiger partial charge in [0.25, 0.3) is 0 Å². The molecule has 1 aliphatic rings. The van der Waals surface area contributed by atoms with Crippen LogP contribution in [0.1, 0.15) is 12.0 Å². The maximum atomic E-state index is 12.8. The maximum Gasteiger partial charge on any atom is 0.243 e. The predicted molar refractivity (Wildman–Crippen MR) is 104 cm³/mol. The van der Waals surface area contributed by atoms with Gasteiger partial charge in [0.2, 0.25) is 21.8 Å². The van der Waals surface area contributed by atoms with Crippen LogP contribution in [0.2, 0.25) is 0 Å². The SMILES string of the molecule is CN(Cc1ccccc1)S(=O)(=O)c1ccc(N2CC(C(=O)NN)CC2=O)cc1. The van der Waals surface area contributed by atoms with Gasteiger partial charge in [0, 0.05) is 32.2 Å². The molecule has 3 rings (SSSR count). The Bertz CT molecular complexity index is 961. The zero-order chi connectivity index (χ0) is 20.3. The van der Waals surface area contributed by atoms with Crippen molar-refractivity contribution in [3.8, 4) is 0 Å². The van der Waals surface area contributed by atoms with E-state index in [9.17, 15) is 18.0 Å². The van der Waals surface area contributed by atoms with Gasteiger partial charge in [-0.2, -0.15) is 4.31 Å². The molecule has 9 heteroatoms. The molecule has 1 saturated heterocycles. The van der Waals surface area contributed by atoms with E-state index >= 15 is 0 Å². The van der Waals surface area contributed by atoms with Crippen LogP contribution in [0.25, 0.3) is 0 Å². The lowest BCUT2D eigenvalue weighted by molar-refractivity contribution is -0.126. The summed E-state index contributed by atoms with van der Waals surface area (Å²) in [5, 5.41) is 0. The van der Waals surface area contributed by atoms with E-state index in [0.717, 1.165) is 5.56 Å². The molecule has 1 fully saturated rings. The molecule has 1 atom stereocenters. The minimum absolute atomic E-state index is 0.0723. The first-order chi connectivity index (χ1) is 13.3. The molecule has 0 aliphatic carbocycles. The zero-order valence-electron chi connectivity index (χ0n) is 15.4. The monoisotopic (exact) mass is 402 g/mol. The summed E-state index contributed by atoms with van der Waals surface area (Å²) >= 11 is 0. The first-order valence-electron chi connectivity index (χ1n) is 8.74. The summed E-state index contributed by atoms with van der Waals surface area (Å²) in [5.74, 6) is 4.02. The number of hydrogen-bond donors (Lipinski definition) is 2. The van der Waals surface area contributed by atoms with Crippen LogP contribution >= 0.6 is 0 Å². The van der Waals surface area contributed by atoms with Crippen molar-refractivity contribution < 1.29 is 18.0 Å². The largest absolute Gasteiger partial charge is 0.312 e. The Hall–Kier alpha value is -2.75. The van der Waals surface area contributed by atoms with Crippen molar-refractivity contribution in [3.63, 3.8) is 0 Å². The molecule has 148 valence electrons. The van der Waals surface area contributed by atoms with Crippen molar-refractivity contribution in [2.45, 2.75) is 17.9 Å². The highest BCUT2D eigenvalue weighted by Gasteiger charge is 2.35. The Morgan fingerprint density at radius 2 is 1.82 bits per heavy atom. The molecular weight excluding hydrogens is 380 g/mol. The topological polar surface area (TPSA) is 113 Å². The maximum absolute atomic E-state index is 12.8. The number of carbonyl (C=O) groups is 2. The average molecular weight is 402 g/mol. The molecular formula is C19H22N4O4S. The van der Waals surface area contributed by atoms with Crippen LogP contribution in [0.4, 0.5) is 5.69 Å². The Morgan fingerprint density at radius 1 is 1.18 bits per heavy atom. The third kappa shape index (κ3) is 4.06. The number of amides is 2. The van der Waals surface area contributed by atoms with Crippen LogP contribution in [0.3, 0.4) is 0 Å². The van der Waals surface area contributed by atoms with Gasteiger partial charge in [-0.1, -0.05) is 30.3 Å². The van der Waals surface area contributed by atoms with E-state index in [1.807, 2.05) is 30.3 Å². The second-order valence-electron chi connectivity index (χ2n) is 6.65. The smallest absolute Gasteiger partial charge is 0.243 e. The molecule has 8 nitrogen and oxygen atoms in total. The Kier molecular flexibility index (Phi) is 5.78. The van der Waals surface area contributed by atoms with Gasteiger partial charge >= 0.3 is 0 Å². The van der Waals surface area contributed by atoms with Crippen LogP contribution in [0, 0.1) is 5.92 Å². The lowest BCUT2D eigenvalue weighted by Crippen LogP contribution is -2.37. The Balaban J connectivity index is 1.74. The highest BCUT2D eigenvalue weighted by atomic mass is 32.2. The van der Waals surface area contributed by atoms with E-state index in [1.54, 1.807) is 12.1 Å². The van der Waals surface area contributed by atoms with Crippen LogP contribution in [-0.4, -0.2) is 38.1 Å². The fourth-order valence-corrected chi connectivity index (χ4v) is 4.31. The normalized spacial score (nSPS) is 17.2. The lowest BCUT2D eigenvalue weighted by Gasteiger charge is -2.19. The molecule has 2 aromatic carbocycles. The second kappa shape index (κ2) is 8.09. The Morgan fingerprint density at radius 3 is 2.43 bits per heavy atom. The fourth-order valence-electron chi connectivity index (χ4n) is 3.15. The van der Waals surface area contributed by atoms with Crippen molar-refractivity contribution >= 4 is 27.5 Å². The quantitative estimate of drug-likeness (QED) is 0.423. The number of carbonyl (C=O) groups excluding carboxylic acids is 2. The number of hydrogen-bond acceptors (Lipinski definition) is 5. The van der Waals surface area contributed by atoms with E-state index in [4.69, 9.17) is 5.84 Å². The molecule has 0 radical (unpaired) electrons. The van der Waals surface area contributed by atoms with Gasteiger partial charge in [-0.25, -0.2) is 14.3 Å². The summed E-state index contributed by atoms with van der Waals surface area (Å²) < 4.78 is 26.9. The standard InChI is InChI=1S/C19H22N4O4S/c1-22(12-14-5-3-2-4-6-14)28(26,27)17-9-7-16(8-10-17)23-13-15(11-18(23)24)19(25)21-20/h2-10,15H,11-13,20H2,1H3,(H,21,25). The van der Waals surface area contributed by atoms with Gasteiger partial charge in [-0.05, 0) is 29.8 Å². The number of sulfonamides is 1. The van der Waals surface area contributed by atoms with E-state index < -0.39 is 21.8 Å². The first kappa shape index (κ1) is 20.0. The summed E-state index contributed by atoms with van der Waals surface area (Å²) in [6.45, 7) is 0.466. The molecule has 0 saturated carbocycles. The van der Waals surface area contributed by atoms with Gasteiger partial charge < -0.3 is 4.90 Å². The van der Waals surface area contributed by atoms with Gasteiger partial charge in [-0.15, -0.1) is 0 Å². The molecule has 1 heterocycles. The molecule has 0 bridgehead atoms. The molecule has 1 unspecified atom stereocenters. The minimum atomic E-state index is -3.67. The van der Waals surface area contributed by atoms with Gasteiger partial charge in [0.1, 0.15) is 0 Å². The number of anilines is 1. The van der Waals surface area contributed by atoms with Gasteiger partial charge in [-0.3, -0.25) is 15.0 Å². The molecule has 28 heavy (non-hydrogen) atoms. The van der Waals surface area contributed by atoms with E-state index in [1.165, 1.54) is 28.4 Å². The molecule has 2 aromatic rings. The second-order valence-corrected chi connectivity index (χ2v) is 8.70. The van der Waals surface area contributed by atoms with Crippen molar-refractivity contribution in [1.82, 2.24) is 9.73 Å². The van der Waals surface area contributed by atoms with Crippen LogP contribution in [0.5, 0.6) is 0 Å². The third-order valence-corrected chi connectivity index (χ3v) is 6.56. The van der Waals surface area contributed by atoms with E-state index in [-0.39, 0.29) is 30.3 Å². The predicted octanol–water partition coefficient (Wildman–Crippen LogP) is 0.850. The van der Waals surface area contributed by atoms with Crippen LogP contribution in [0.15, 0.2) is 59.5 Å². The van der Waals surface area contributed by atoms with Crippen molar-refractivity contribution in [1.29, 1.82) is 0 Å². The van der Waals surface area contributed by atoms with Crippen LogP contribution in [-0.2, 0) is 26.2 Å². The highest BCUT2D eigenvalue weighted by molar-refractivity contribution is 7.89. The van der Waals surface area contributed by atoms with E-state index in [0.29, 0.717) is 5.69 Å². The van der Waals surface area contributed by atoms with E-state index in [2.05, 4.69) is 5.43 Å². The lowest BCUT2D eigenvalue weighted by atomic mass is 10.1. The first-order valence-corrected chi connectivity index (χ1v) is 10.2. The van der Waals surface area contributed by atoms with Crippen molar-refractivity contribution in [2.24, 2.45) is 11.8 Å². The Labute approximate surface area is 164 Å². The number of rotatable bonds is 6. The highest BCUT2D eigenvalue weighted by Crippen LogP contribution is 2.27. The molecule has 0 aromatic heterocycles. The number of hydrazine groups is 1. The average Bonchev–Trinajstić information content (AvgIpc) is 3.10. The minimum Gasteiger partial charge on any atom is -0.312 e. The van der Waals surface area contributed by atoms with Crippen molar-refractivity contribution in [2.75, 3.05) is 18.5 Å². The fraction of sp³-hybridized carbons (Fsp3) is 0.263. The summed E-state index contributed by atoms with van der Waals surface area (Å²) in [5.41, 5.74) is 3.49. The zero-order valence-corrected chi connectivity index (χ0v) is 16.2. The van der Waals surface area contributed by atoms with Gasteiger partial charge in [0.15, 0.2) is 0 Å². The summed E-state index contributed by atoms with van der Waals surface area (Å²) in [4.78, 5) is 25.4. The number of nitrogens with two attached hydrogens (primary N) is 1. The summed E-state index contributed by atoms with van der Waals surface area (Å²) in [6, 6.07) is 15.4. The molecule has 3 N–H and O–H groups in total. The summed E-state index contributed by atoms with van der Waals surface area (Å²) in [6.07, 6.45) is 0.0723. The van der Waals surface area contributed by atoms with Crippen LogP contribution < -0.4 is 16.2 Å². The molecule has 2 amide bonds. The molecule has 1 aliphatic heterocycles. The number of benzene rings is 2.